The van der Waals surface area contributed by atoms with Gasteiger partial charge in [0.15, 0.2) is 5.69 Å². The molecule has 146 valence electrons. The first-order valence-electron chi connectivity index (χ1n) is 8.92. The zero-order chi connectivity index (χ0) is 20.1. The van der Waals surface area contributed by atoms with Gasteiger partial charge in [-0.3, -0.25) is 4.79 Å². The number of ether oxygens (including phenoxy) is 1. The van der Waals surface area contributed by atoms with Crippen molar-refractivity contribution in [3.63, 3.8) is 0 Å². The van der Waals surface area contributed by atoms with Gasteiger partial charge in [0.1, 0.15) is 11.8 Å². The van der Waals surface area contributed by atoms with Crippen molar-refractivity contribution < 1.29 is 19.4 Å². The third kappa shape index (κ3) is 5.29. The van der Waals surface area contributed by atoms with E-state index in [2.05, 4.69) is 15.6 Å². The molecular formula is C19H26N4O4. The summed E-state index contributed by atoms with van der Waals surface area (Å²) >= 11 is 0. The Bertz CT molecular complexity index is 797. The maximum absolute atomic E-state index is 12.5. The summed E-state index contributed by atoms with van der Waals surface area (Å²) in [6.07, 6.45) is 0.415. The molecule has 0 fully saturated rings. The molecule has 27 heavy (non-hydrogen) atoms. The lowest BCUT2D eigenvalue weighted by Crippen LogP contribution is -2.42. The van der Waals surface area contributed by atoms with E-state index in [4.69, 9.17) is 4.74 Å². The Kier molecular flexibility index (Phi) is 6.55. The van der Waals surface area contributed by atoms with E-state index in [-0.39, 0.29) is 17.7 Å². The minimum atomic E-state index is -1.07. The molecule has 0 aliphatic heterocycles. The minimum Gasteiger partial charge on any atom is -0.491 e. The number of hydrogen-bond acceptors (Lipinski definition) is 5. The number of amides is 1. The highest BCUT2D eigenvalue weighted by atomic mass is 16.5. The summed E-state index contributed by atoms with van der Waals surface area (Å²) < 4.78 is 7.15. The number of benzene rings is 1. The van der Waals surface area contributed by atoms with Crippen LogP contribution in [0, 0.1) is 12.8 Å². The third-order valence-corrected chi connectivity index (χ3v) is 3.87. The van der Waals surface area contributed by atoms with Crippen LogP contribution in [-0.2, 0) is 4.79 Å². The number of nitrogens with zero attached hydrogens (tertiary/aromatic N) is 3. The standard InChI is InChI=1S/C19H26N4O4/c1-11(2)10-16(19(25)26)20-18(24)17-13(5)23(22-21-17)14-6-8-15(9-7-14)27-12(3)4/h6-9,11-12,16H,10H2,1-5H3,(H,20,24)(H,25,26)/t16-/m1/s1. The Balaban J connectivity index is 2.18. The van der Waals surface area contributed by atoms with Gasteiger partial charge < -0.3 is 15.2 Å². The van der Waals surface area contributed by atoms with Crippen LogP contribution in [0.4, 0.5) is 0 Å². The molecule has 8 nitrogen and oxygen atoms in total. The maximum atomic E-state index is 12.5. The van der Waals surface area contributed by atoms with E-state index in [1.54, 1.807) is 6.92 Å². The molecule has 1 heterocycles. The van der Waals surface area contributed by atoms with E-state index in [0.29, 0.717) is 12.1 Å². The second-order valence-corrected chi connectivity index (χ2v) is 7.09. The van der Waals surface area contributed by atoms with Crippen molar-refractivity contribution in [3.8, 4) is 11.4 Å². The van der Waals surface area contributed by atoms with E-state index in [1.165, 1.54) is 4.68 Å². The van der Waals surface area contributed by atoms with Crippen LogP contribution in [0.1, 0.15) is 50.3 Å². The largest absolute Gasteiger partial charge is 0.491 e. The summed E-state index contributed by atoms with van der Waals surface area (Å²) in [5, 5.41) is 19.8. The molecule has 0 saturated carbocycles. The van der Waals surface area contributed by atoms with Crippen molar-refractivity contribution in [1.29, 1.82) is 0 Å². The predicted molar refractivity (Wildman–Crippen MR) is 100 cm³/mol. The average molecular weight is 374 g/mol. The molecule has 0 spiro atoms. The van der Waals surface area contributed by atoms with E-state index in [9.17, 15) is 14.7 Å². The van der Waals surface area contributed by atoms with E-state index < -0.39 is 17.9 Å². The second-order valence-electron chi connectivity index (χ2n) is 7.09. The number of rotatable bonds is 8. The van der Waals surface area contributed by atoms with Gasteiger partial charge in [-0.25, -0.2) is 9.48 Å². The number of carboxylic acid groups (broad SMARTS) is 1. The van der Waals surface area contributed by atoms with Crippen molar-refractivity contribution in [2.75, 3.05) is 0 Å². The molecule has 1 aromatic carbocycles. The Labute approximate surface area is 158 Å². The highest BCUT2D eigenvalue weighted by Crippen LogP contribution is 2.18. The first-order chi connectivity index (χ1) is 12.7. The fourth-order valence-electron chi connectivity index (χ4n) is 2.64. The number of carboxylic acids is 1. The van der Waals surface area contributed by atoms with Crippen LogP contribution in [0.25, 0.3) is 5.69 Å². The van der Waals surface area contributed by atoms with Gasteiger partial charge >= 0.3 is 5.97 Å². The molecule has 2 rings (SSSR count). The normalized spacial score (nSPS) is 12.3. The number of carbonyl (C=O) groups excluding carboxylic acids is 1. The van der Waals surface area contributed by atoms with Crippen molar-refractivity contribution in [2.24, 2.45) is 5.92 Å². The van der Waals surface area contributed by atoms with E-state index in [1.807, 2.05) is 52.0 Å². The maximum Gasteiger partial charge on any atom is 0.326 e. The number of hydrogen-bond donors (Lipinski definition) is 2. The van der Waals surface area contributed by atoms with Gasteiger partial charge in [-0.1, -0.05) is 19.1 Å². The monoisotopic (exact) mass is 374 g/mol. The Morgan fingerprint density at radius 3 is 2.33 bits per heavy atom. The summed E-state index contributed by atoms with van der Waals surface area (Å²) in [6, 6.07) is 6.31. The second kappa shape index (κ2) is 8.66. The van der Waals surface area contributed by atoms with Gasteiger partial charge in [-0.15, -0.1) is 5.10 Å². The summed E-state index contributed by atoms with van der Waals surface area (Å²) in [7, 11) is 0. The molecule has 1 aromatic heterocycles. The lowest BCUT2D eigenvalue weighted by molar-refractivity contribution is -0.139. The molecule has 0 unspecified atom stereocenters. The van der Waals surface area contributed by atoms with E-state index >= 15 is 0 Å². The third-order valence-electron chi connectivity index (χ3n) is 3.87. The van der Waals surface area contributed by atoms with Gasteiger partial charge in [0, 0.05) is 0 Å². The Morgan fingerprint density at radius 1 is 1.19 bits per heavy atom. The van der Waals surface area contributed by atoms with Crippen molar-refractivity contribution >= 4 is 11.9 Å². The fourth-order valence-corrected chi connectivity index (χ4v) is 2.64. The van der Waals surface area contributed by atoms with Crippen LogP contribution in [0.5, 0.6) is 5.75 Å². The van der Waals surface area contributed by atoms with Gasteiger partial charge in [0.05, 0.1) is 17.5 Å². The van der Waals surface area contributed by atoms with Crippen molar-refractivity contribution in [2.45, 2.75) is 53.2 Å². The first-order valence-corrected chi connectivity index (χ1v) is 8.92. The topological polar surface area (TPSA) is 106 Å². The van der Waals surface area contributed by atoms with Crippen LogP contribution >= 0.6 is 0 Å². The highest BCUT2D eigenvalue weighted by Gasteiger charge is 2.25. The first kappa shape index (κ1) is 20.4. The quantitative estimate of drug-likeness (QED) is 0.736. The zero-order valence-electron chi connectivity index (χ0n) is 16.3. The number of nitrogens with one attached hydrogen (secondary N) is 1. The fraction of sp³-hybridized carbons (Fsp3) is 0.474. The van der Waals surface area contributed by atoms with Crippen LogP contribution in [0.15, 0.2) is 24.3 Å². The zero-order valence-corrected chi connectivity index (χ0v) is 16.3. The molecule has 0 saturated heterocycles. The predicted octanol–water partition coefficient (Wildman–Crippen LogP) is 2.59. The molecule has 0 bridgehead atoms. The molecule has 2 aromatic rings. The Hall–Kier alpha value is -2.90. The molecule has 8 heteroatoms. The summed E-state index contributed by atoms with van der Waals surface area (Å²) in [5.41, 5.74) is 1.36. The summed E-state index contributed by atoms with van der Waals surface area (Å²) in [6.45, 7) is 9.41. The molecule has 0 aliphatic carbocycles. The van der Waals surface area contributed by atoms with Gasteiger partial charge in [0.2, 0.25) is 0 Å². The molecule has 2 N–H and O–H groups in total. The van der Waals surface area contributed by atoms with Crippen LogP contribution in [-0.4, -0.2) is 44.1 Å². The molecule has 1 atom stereocenters. The van der Waals surface area contributed by atoms with E-state index in [0.717, 1.165) is 11.4 Å². The smallest absolute Gasteiger partial charge is 0.326 e. The van der Waals surface area contributed by atoms with Crippen LogP contribution in [0.3, 0.4) is 0 Å². The van der Waals surface area contributed by atoms with Crippen molar-refractivity contribution in [3.05, 3.63) is 35.7 Å². The van der Waals surface area contributed by atoms with Gasteiger partial charge in [0.25, 0.3) is 5.91 Å². The average Bonchev–Trinajstić information content (AvgIpc) is 2.95. The number of aliphatic carboxylic acids is 1. The minimum absolute atomic E-state index is 0.0762. The Morgan fingerprint density at radius 2 is 1.81 bits per heavy atom. The molecule has 1 amide bonds. The van der Waals surface area contributed by atoms with Crippen molar-refractivity contribution in [1.82, 2.24) is 20.3 Å². The SMILES string of the molecule is Cc1c(C(=O)N[C@H](CC(C)C)C(=O)O)nnn1-c1ccc(OC(C)C)cc1. The highest BCUT2D eigenvalue weighted by molar-refractivity contribution is 5.95. The van der Waals surface area contributed by atoms with Gasteiger partial charge in [-0.05, 0) is 57.4 Å². The number of aromatic nitrogens is 3. The van der Waals surface area contributed by atoms with Crippen LogP contribution < -0.4 is 10.1 Å². The van der Waals surface area contributed by atoms with Gasteiger partial charge in [-0.2, -0.15) is 0 Å². The molecule has 0 radical (unpaired) electrons. The molecule has 0 aliphatic rings. The lowest BCUT2D eigenvalue weighted by atomic mass is 10.0. The summed E-state index contributed by atoms with van der Waals surface area (Å²) in [5.74, 6) is -0.744. The number of carbonyl (C=O) groups is 2. The molecular weight excluding hydrogens is 348 g/mol. The summed E-state index contributed by atoms with van der Waals surface area (Å²) in [4.78, 5) is 23.8. The van der Waals surface area contributed by atoms with Crippen LogP contribution in [0.2, 0.25) is 0 Å². The lowest BCUT2D eigenvalue weighted by Gasteiger charge is -2.15.